The number of carbonyl (C=O) groups is 2. The van der Waals surface area contributed by atoms with Crippen molar-refractivity contribution >= 4 is 58.5 Å². The number of amides is 2. The molecule has 10 heteroatoms. The number of benzene rings is 2. The fourth-order valence-electron chi connectivity index (χ4n) is 2.10. The number of phenols is 2. The maximum atomic E-state index is 11.8. The molecule has 4 N–H and O–H groups in total. The largest absolute Gasteiger partial charge is 0.506 e. The number of carbonyl (C=O) groups excluding carboxylic acids is 2. The van der Waals surface area contributed by atoms with E-state index >= 15 is 0 Å². The summed E-state index contributed by atoms with van der Waals surface area (Å²) in [6.45, 7) is 0.910. The van der Waals surface area contributed by atoms with Crippen molar-refractivity contribution < 1.29 is 19.8 Å². The molecule has 0 bridgehead atoms. The molecule has 0 aliphatic carbocycles. The van der Waals surface area contributed by atoms with Crippen LogP contribution >= 0.6 is 46.7 Å². The van der Waals surface area contributed by atoms with E-state index in [1.165, 1.54) is 35.7 Å². The highest BCUT2D eigenvalue weighted by molar-refractivity contribution is 8.00. The van der Waals surface area contributed by atoms with Crippen molar-refractivity contribution in [3.05, 3.63) is 46.4 Å². The van der Waals surface area contributed by atoms with Crippen LogP contribution < -0.4 is 10.6 Å². The minimum atomic E-state index is -0.120. The molecule has 2 rings (SSSR count). The molecule has 0 unspecified atom stereocenters. The Labute approximate surface area is 187 Å². The Kier molecular flexibility index (Phi) is 9.80. The number of aromatic hydroxyl groups is 2. The van der Waals surface area contributed by atoms with Gasteiger partial charge in [0.1, 0.15) is 11.5 Å². The quantitative estimate of drug-likeness (QED) is 0.307. The highest BCUT2D eigenvalue weighted by atomic mass is 35.5. The van der Waals surface area contributed by atoms with Gasteiger partial charge in [0.2, 0.25) is 11.8 Å². The number of phenolic OH excluding ortho intramolecular Hbond substituents is 2. The Morgan fingerprint density at radius 1 is 0.793 bits per heavy atom. The zero-order chi connectivity index (χ0) is 21.2. The molecule has 0 aromatic heterocycles. The Balaban J connectivity index is 1.55. The van der Waals surface area contributed by atoms with Gasteiger partial charge in [-0.2, -0.15) is 0 Å². The van der Waals surface area contributed by atoms with E-state index in [0.29, 0.717) is 19.5 Å². The summed E-state index contributed by atoms with van der Waals surface area (Å²) in [5, 5.41) is 24.8. The van der Waals surface area contributed by atoms with E-state index in [1.54, 1.807) is 24.3 Å². The summed E-state index contributed by atoms with van der Waals surface area (Å²) in [5.74, 6) is 0.245. The molecule has 0 heterocycles. The summed E-state index contributed by atoms with van der Waals surface area (Å²) in [6, 6.07) is 9.57. The minimum absolute atomic E-state index is 0.00720. The van der Waals surface area contributed by atoms with Crippen molar-refractivity contribution in [2.75, 3.05) is 24.6 Å². The average molecular weight is 475 g/mol. The second kappa shape index (κ2) is 12.1. The van der Waals surface area contributed by atoms with Crippen LogP contribution in [-0.2, 0) is 9.59 Å². The molecule has 156 valence electrons. The molecule has 6 nitrogen and oxygen atoms in total. The van der Waals surface area contributed by atoms with Gasteiger partial charge < -0.3 is 20.8 Å². The van der Waals surface area contributed by atoms with Gasteiger partial charge in [0.25, 0.3) is 0 Å². The molecule has 2 amide bonds. The first-order valence-corrected chi connectivity index (χ1v) is 11.3. The zero-order valence-corrected chi connectivity index (χ0v) is 18.4. The fraction of sp³-hybridized carbons (Fsp3) is 0.263. The van der Waals surface area contributed by atoms with E-state index in [2.05, 4.69) is 10.6 Å². The van der Waals surface area contributed by atoms with Crippen LogP contribution in [0, 0.1) is 0 Å². The van der Waals surface area contributed by atoms with Crippen LogP contribution in [0.2, 0.25) is 10.0 Å². The monoisotopic (exact) mass is 474 g/mol. The molecular weight excluding hydrogens is 455 g/mol. The van der Waals surface area contributed by atoms with Gasteiger partial charge in [0.15, 0.2) is 0 Å². The Hall–Kier alpha value is -1.74. The van der Waals surface area contributed by atoms with Crippen LogP contribution in [0.1, 0.15) is 6.42 Å². The maximum absolute atomic E-state index is 11.8. The van der Waals surface area contributed by atoms with Crippen LogP contribution in [-0.4, -0.2) is 46.6 Å². The van der Waals surface area contributed by atoms with Crippen molar-refractivity contribution in [1.29, 1.82) is 0 Å². The summed E-state index contributed by atoms with van der Waals surface area (Å²) in [5.41, 5.74) is 0. The van der Waals surface area contributed by atoms with Crippen molar-refractivity contribution in [2.24, 2.45) is 0 Å². The van der Waals surface area contributed by atoms with E-state index < -0.39 is 0 Å². The van der Waals surface area contributed by atoms with Gasteiger partial charge in [0, 0.05) is 22.9 Å². The second-order valence-corrected chi connectivity index (χ2v) is 8.77. The summed E-state index contributed by atoms with van der Waals surface area (Å²) < 4.78 is 0. The van der Waals surface area contributed by atoms with E-state index in [1.807, 2.05) is 0 Å². The van der Waals surface area contributed by atoms with Gasteiger partial charge in [-0.1, -0.05) is 23.2 Å². The predicted molar refractivity (Wildman–Crippen MR) is 118 cm³/mol. The molecular formula is C19H20Cl2N2O4S2. The molecule has 0 aliphatic rings. The molecule has 0 radical (unpaired) electrons. The predicted octanol–water partition coefficient (Wildman–Crippen LogP) is 3.91. The molecule has 2 aromatic rings. The van der Waals surface area contributed by atoms with Gasteiger partial charge in [0.05, 0.1) is 21.6 Å². The Morgan fingerprint density at radius 3 is 1.59 bits per heavy atom. The van der Waals surface area contributed by atoms with Gasteiger partial charge >= 0.3 is 0 Å². The third-order valence-electron chi connectivity index (χ3n) is 3.58. The van der Waals surface area contributed by atoms with Crippen molar-refractivity contribution in [2.45, 2.75) is 16.2 Å². The smallest absolute Gasteiger partial charge is 0.230 e. The molecule has 29 heavy (non-hydrogen) atoms. The Morgan fingerprint density at radius 2 is 1.21 bits per heavy atom. The van der Waals surface area contributed by atoms with Gasteiger partial charge in [-0.15, -0.1) is 23.5 Å². The molecule has 0 aliphatic heterocycles. The fourth-order valence-corrected chi connectivity index (χ4v) is 4.12. The summed E-state index contributed by atoms with van der Waals surface area (Å²) >= 11 is 14.3. The highest BCUT2D eigenvalue weighted by Gasteiger charge is 2.07. The van der Waals surface area contributed by atoms with Gasteiger partial charge in [-0.05, 0) is 42.8 Å². The molecule has 0 saturated carbocycles. The van der Waals surface area contributed by atoms with Crippen molar-refractivity contribution in [1.82, 2.24) is 10.6 Å². The van der Waals surface area contributed by atoms with Crippen LogP contribution in [0.15, 0.2) is 46.2 Å². The first kappa shape index (κ1) is 23.5. The lowest BCUT2D eigenvalue weighted by Gasteiger charge is -2.08. The van der Waals surface area contributed by atoms with Crippen LogP contribution in [0.3, 0.4) is 0 Å². The van der Waals surface area contributed by atoms with Gasteiger partial charge in [-0.3, -0.25) is 9.59 Å². The van der Waals surface area contributed by atoms with Crippen molar-refractivity contribution in [3.8, 4) is 11.5 Å². The molecule has 0 fully saturated rings. The highest BCUT2D eigenvalue weighted by Crippen LogP contribution is 2.29. The molecule has 0 atom stereocenters. The van der Waals surface area contributed by atoms with E-state index in [-0.39, 0.29) is 44.9 Å². The Bertz CT molecular complexity index is 799. The van der Waals surface area contributed by atoms with Crippen LogP contribution in [0.4, 0.5) is 0 Å². The molecule has 2 aromatic carbocycles. The molecule has 0 saturated heterocycles. The standard InChI is InChI=1S/C19H20Cl2N2O4S2/c20-14-8-12(2-4-16(14)24)28-10-18(26)22-6-1-7-23-19(27)11-29-13-3-5-17(25)15(21)9-13/h2-5,8-9,24-25H,1,6-7,10-11H2,(H,22,26)(H,23,27). The summed E-state index contributed by atoms with van der Waals surface area (Å²) in [6.07, 6.45) is 0.614. The number of halogens is 2. The van der Waals surface area contributed by atoms with Gasteiger partial charge in [-0.25, -0.2) is 0 Å². The minimum Gasteiger partial charge on any atom is -0.506 e. The first-order valence-electron chi connectivity index (χ1n) is 8.61. The maximum Gasteiger partial charge on any atom is 0.230 e. The SMILES string of the molecule is O=C(CSc1ccc(O)c(Cl)c1)NCCCNC(=O)CSc1ccc(O)c(Cl)c1. The van der Waals surface area contributed by atoms with E-state index in [0.717, 1.165) is 9.79 Å². The number of hydrogen-bond donors (Lipinski definition) is 4. The zero-order valence-electron chi connectivity index (χ0n) is 15.3. The number of rotatable bonds is 10. The van der Waals surface area contributed by atoms with E-state index in [4.69, 9.17) is 23.2 Å². The lowest BCUT2D eigenvalue weighted by Crippen LogP contribution is -2.31. The second-order valence-electron chi connectivity index (χ2n) is 5.86. The number of thioether (sulfide) groups is 2. The van der Waals surface area contributed by atoms with E-state index in [9.17, 15) is 19.8 Å². The lowest BCUT2D eigenvalue weighted by molar-refractivity contribution is -0.118. The third kappa shape index (κ3) is 8.65. The molecule has 0 spiro atoms. The first-order chi connectivity index (χ1) is 13.8. The lowest BCUT2D eigenvalue weighted by atomic mass is 10.3. The van der Waals surface area contributed by atoms with Crippen molar-refractivity contribution in [3.63, 3.8) is 0 Å². The van der Waals surface area contributed by atoms with Crippen LogP contribution in [0.5, 0.6) is 11.5 Å². The van der Waals surface area contributed by atoms with Crippen LogP contribution in [0.25, 0.3) is 0 Å². The number of nitrogens with one attached hydrogen (secondary N) is 2. The normalized spacial score (nSPS) is 10.6. The number of hydrogen-bond acceptors (Lipinski definition) is 6. The summed E-state index contributed by atoms with van der Waals surface area (Å²) in [7, 11) is 0. The summed E-state index contributed by atoms with van der Waals surface area (Å²) in [4.78, 5) is 25.3. The topological polar surface area (TPSA) is 98.7 Å². The average Bonchev–Trinajstić information content (AvgIpc) is 2.69. The third-order valence-corrected chi connectivity index (χ3v) is 6.17.